The maximum atomic E-state index is 6.07. The van der Waals surface area contributed by atoms with Gasteiger partial charge in [-0.1, -0.05) is 35.9 Å². The number of rotatable bonds is 2. The van der Waals surface area contributed by atoms with Crippen LogP contribution in [0.15, 0.2) is 54.7 Å². The first kappa shape index (κ1) is 11.3. The number of aromatic nitrogens is 1. The topological polar surface area (TPSA) is 30.9 Å². The van der Waals surface area contributed by atoms with Gasteiger partial charge in [-0.15, -0.1) is 0 Å². The van der Waals surface area contributed by atoms with Crippen LogP contribution in [0.2, 0.25) is 5.02 Å². The van der Waals surface area contributed by atoms with Crippen molar-refractivity contribution in [1.82, 2.24) is 4.57 Å². The average molecular weight is 257 g/mol. The average Bonchev–Trinajstić information content (AvgIpc) is 2.81. The van der Waals surface area contributed by atoms with Crippen LogP contribution in [0.3, 0.4) is 0 Å². The lowest BCUT2D eigenvalue weighted by Crippen LogP contribution is -2.03. The van der Waals surface area contributed by atoms with E-state index in [0.29, 0.717) is 6.54 Å². The molecule has 0 radical (unpaired) electrons. The van der Waals surface area contributed by atoms with Crippen LogP contribution in [0.4, 0.5) is 0 Å². The van der Waals surface area contributed by atoms with Crippen molar-refractivity contribution in [2.45, 2.75) is 6.54 Å². The Bertz CT molecular complexity index is 701. The third kappa shape index (κ3) is 1.80. The highest BCUT2D eigenvalue weighted by atomic mass is 35.5. The Balaban J connectivity index is 2.28. The van der Waals surface area contributed by atoms with E-state index in [1.807, 2.05) is 36.4 Å². The van der Waals surface area contributed by atoms with Crippen LogP contribution < -0.4 is 5.73 Å². The van der Waals surface area contributed by atoms with Crippen molar-refractivity contribution in [3.05, 3.63) is 65.3 Å². The smallest absolute Gasteiger partial charge is 0.0543 e. The zero-order valence-corrected chi connectivity index (χ0v) is 10.6. The first-order valence-electron chi connectivity index (χ1n) is 5.84. The minimum absolute atomic E-state index is 0.524. The molecule has 3 aromatic rings. The molecule has 2 aromatic carbocycles. The molecule has 18 heavy (non-hydrogen) atoms. The fourth-order valence-electron chi connectivity index (χ4n) is 2.23. The van der Waals surface area contributed by atoms with E-state index < -0.39 is 0 Å². The van der Waals surface area contributed by atoms with Crippen LogP contribution in [0, 0.1) is 0 Å². The van der Waals surface area contributed by atoms with E-state index in [1.165, 1.54) is 5.39 Å². The normalized spacial score (nSPS) is 11.0. The predicted octanol–water partition coefficient (Wildman–Crippen LogP) is 3.74. The van der Waals surface area contributed by atoms with Gasteiger partial charge in [-0.3, -0.25) is 0 Å². The third-order valence-electron chi connectivity index (χ3n) is 3.13. The van der Waals surface area contributed by atoms with Crippen molar-refractivity contribution in [2.24, 2.45) is 5.73 Å². The first-order chi connectivity index (χ1) is 8.79. The molecule has 0 aliphatic carbocycles. The molecule has 0 bridgehead atoms. The van der Waals surface area contributed by atoms with Gasteiger partial charge in [0.25, 0.3) is 0 Å². The molecule has 1 aromatic heterocycles. The molecule has 0 aliphatic heterocycles. The van der Waals surface area contributed by atoms with Crippen LogP contribution in [-0.4, -0.2) is 4.57 Å². The van der Waals surface area contributed by atoms with E-state index in [1.54, 1.807) is 0 Å². The molecule has 3 heteroatoms. The number of benzene rings is 2. The number of hydrogen-bond donors (Lipinski definition) is 1. The van der Waals surface area contributed by atoms with Crippen LogP contribution >= 0.6 is 11.6 Å². The summed E-state index contributed by atoms with van der Waals surface area (Å²) in [7, 11) is 0. The van der Waals surface area contributed by atoms with E-state index in [-0.39, 0.29) is 0 Å². The van der Waals surface area contributed by atoms with Gasteiger partial charge in [0.05, 0.1) is 11.2 Å². The zero-order valence-electron chi connectivity index (χ0n) is 9.81. The van der Waals surface area contributed by atoms with E-state index in [4.69, 9.17) is 17.3 Å². The molecule has 0 saturated carbocycles. The van der Waals surface area contributed by atoms with Crippen molar-refractivity contribution in [1.29, 1.82) is 0 Å². The molecular formula is C15H13ClN2. The van der Waals surface area contributed by atoms with E-state index in [0.717, 1.165) is 21.8 Å². The van der Waals surface area contributed by atoms with Gasteiger partial charge in [0.1, 0.15) is 0 Å². The summed E-state index contributed by atoms with van der Waals surface area (Å²) in [5.74, 6) is 0. The number of halogens is 1. The van der Waals surface area contributed by atoms with Crippen LogP contribution in [0.25, 0.3) is 16.6 Å². The van der Waals surface area contributed by atoms with Crippen molar-refractivity contribution in [3.63, 3.8) is 0 Å². The Morgan fingerprint density at radius 2 is 1.89 bits per heavy atom. The molecule has 0 spiro atoms. The van der Waals surface area contributed by atoms with Crippen molar-refractivity contribution in [2.75, 3.05) is 0 Å². The SMILES string of the molecule is NCc1ccccc1-n1ccc2ccc(Cl)cc21. The maximum Gasteiger partial charge on any atom is 0.0543 e. The van der Waals surface area contributed by atoms with Crippen molar-refractivity contribution >= 4 is 22.5 Å². The largest absolute Gasteiger partial charge is 0.326 e. The highest BCUT2D eigenvalue weighted by Crippen LogP contribution is 2.25. The van der Waals surface area contributed by atoms with Gasteiger partial charge in [-0.25, -0.2) is 0 Å². The van der Waals surface area contributed by atoms with Gasteiger partial charge >= 0.3 is 0 Å². The second kappa shape index (κ2) is 4.48. The Hall–Kier alpha value is -1.77. The van der Waals surface area contributed by atoms with Gasteiger partial charge in [0.2, 0.25) is 0 Å². The lowest BCUT2D eigenvalue weighted by Gasteiger charge is -2.10. The van der Waals surface area contributed by atoms with E-state index in [9.17, 15) is 0 Å². The fourth-order valence-corrected chi connectivity index (χ4v) is 2.40. The van der Waals surface area contributed by atoms with Gasteiger partial charge in [0, 0.05) is 23.2 Å². The van der Waals surface area contributed by atoms with Gasteiger partial charge < -0.3 is 10.3 Å². The molecule has 2 N–H and O–H groups in total. The Labute approximate surface area is 111 Å². The molecule has 1 heterocycles. The monoisotopic (exact) mass is 256 g/mol. The molecule has 3 rings (SSSR count). The van der Waals surface area contributed by atoms with Gasteiger partial charge in [-0.05, 0) is 29.8 Å². The minimum atomic E-state index is 0.524. The summed E-state index contributed by atoms with van der Waals surface area (Å²) in [5.41, 5.74) is 9.12. The van der Waals surface area contributed by atoms with Gasteiger partial charge in [0.15, 0.2) is 0 Å². The molecule has 2 nitrogen and oxygen atoms in total. The Kier molecular flexibility index (Phi) is 2.82. The standard InChI is InChI=1S/C15H13ClN2/c16-13-6-5-11-7-8-18(15(11)9-13)14-4-2-1-3-12(14)10-17/h1-9H,10,17H2. The highest BCUT2D eigenvalue weighted by Gasteiger charge is 2.06. The lowest BCUT2D eigenvalue weighted by atomic mass is 10.1. The third-order valence-corrected chi connectivity index (χ3v) is 3.36. The lowest BCUT2D eigenvalue weighted by molar-refractivity contribution is 1.01. The van der Waals surface area contributed by atoms with Crippen LogP contribution in [0.5, 0.6) is 0 Å². The quantitative estimate of drug-likeness (QED) is 0.744. The number of nitrogens with zero attached hydrogens (tertiary/aromatic N) is 1. The predicted molar refractivity (Wildman–Crippen MR) is 76.2 cm³/mol. The summed E-state index contributed by atoms with van der Waals surface area (Å²) < 4.78 is 2.13. The number of para-hydroxylation sites is 1. The molecule has 0 saturated heterocycles. The summed E-state index contributed by atoms with van der Waals surface area (Å²) in [5, 5.41) is 1.92. The van der Waals surface area contributed by atoms with Crippen molar-refractivity contribution in [3.8, 4) is 5.69 Å². The molecule has 0 atom stereocenters. The molecular weight excluding hydrogens is 244 g/mol. The molecule has 0 aliphatic rings. The highest BCUT2D eigenvalue weighted by molar-refractivity contribution is 6.31. The number of hydrogen-bond acceptors (Lipinski definition) is 1. The number of fused-ring (bicyclic) bond motifs is 1. The molecule has 90 valence electrons. The number of nitrogens with two attached hydrogens (primary N) is 1. The maximum absolute atomic E-state index is 6.07. The summed E-state index contributed by atoms with van der Waals surface area (Å²) in [4.78, 5) is 0. The summed E-state index contributed by atoms with van der Waals surface area (Å²) in [6.07, 6.45) is 2.05. The molecule has 0 unspecified atom stereocenters. The zero-order chi connectivity index (χ0) is 12.5. The van der Waals surface area contributed by atoms with Crippen LogP contribution in [0.1, 0.15) is 5.56 Å². The van der Waals surface area contributed by atoms with Crippen molar-refractivity contribution < 1.29 is 0 Å². The Morgan fingerprint density at radius 1 is 1.06 bits per heavy atom. The first-order valence-corrected chi connectivity index (χ1v) is 6.22. The summed E-state index contributed by atoms with van der Waals surface area (Å²) >= 11 is 6.07. The van der Waals surface area contributed by atoms with E-state index in [2.05, 4.69) is 22.9 Å². The van der Waals surface area contributed by atoms with Gasteiger partial charge in [-0.2, -0.15) is 0 Å². The molecule has 0 fully saturated rings. The fraction of sp³-hybridized carbons (Fsp3) is 0.0667. The summed E-state index contributed by atoms with van der Waals surface area (Å²) in [6.45, 7) is 0.524. The molecule has 0 amide bonds. The van der Waals surface area contributed by atoms with Crippen LogP contribution in [-0.2, 0) is 6.54 Å². The second-order valence-corrected chi connectivity index (χ2v) is 4.66. The van der Waals surface area contributed by atoms with E-state index >= 15 is 0 Å². The minimum Gasteiger partial charge on any atom is -0.326 e. The Morgan fingerprint density at radius 3 is 2.72 bits per heavy atom. The summed E-state index contributed by atoms with van der Waals surface area (Å²) in [6, 6.07) is 16.1. The second-order valence-electron chi connectivity index (χ2n) is 4.22.